The lowest BCUT2D eigenvalue weighted by Crippen LogP contribution is -2.51. The summed E-state index contributed by atoms with van der Waals surface area (Å²) in [6.45, 7) is 0.799. The van der Waals surface area contributed by atoms with Gasteiger partial charge in [-0.2, -0.15) is 16.9 Å². The van der Waals surface area contributed by atoms with Gasteiger partial charge < -0.3 is 15.3 Å². The van der Waals surface area contributed by atoms with Gasteiger partial charge in [0.2, 0.25) is 0 Å². The van der Waals surface area contributed by atoms with Crippen molar-refractivity contribution >= 4 is 23.8 Å². The molecule has 9 heteroatoms. The molecule has 1 aliphatic heterocycles. The van der Waals surface area contributed by atoms with Gasteiger partial charge in [-0.25, -0.2) is 9.78 Å². The van der Waals surface area contributed by atoms with Crippen molar-refractivity contribution in [3.8, 4) is 0 Å². The number of amides is 2. The highest BCUT2D eigenvalue weighted by Crippen LogP contribution is 2.19. The van der Waals surface area contributed by atoms with Crippen LogP contribution in [0.2, 0.25) is 0 Å². The summed E-state index contributed by atoms with van der Waals surface area (Å²) >= 11 is 1.67. The van der Waals surface area contributed by atoms with E-state index in [0.717, 1.165) is 5.75 Å². The summed E-state index contributed by atoms with van der Waals surface area (Å²) < 4.78 is 1.56. The molecule has 0 spiro atoms. The molecule has 2 amide bonds. The highest BCUT2D eigenvalue weighted by molar-refractivity contribution is 7.99. The number of nitrogens with zero attached hydrogens (tertiary/aromatic N) is 4. The first-order chi connectivity index (χ1) is 9.56. The molecule has 1 atom stereocenters. The van der Waals surface area contributed by atoms with Gasteiger partial charge >= 0.3 is 12.0 Å². The zero-order valence-corrected chi connectivity index (χ0v) is 12.0. The van der Waals surface area contributed by atoms with Crippen LogP contribution in [0.5, 0.6) is 0 Å². The van der Waals surface area contributed by atoms with Crippen LogP contribution in [0.25, 0.3) is 0 Å². The van der Waals surface area contributed by atoms with Crippen LogP contribution in [0, 0.1) is 0 Å². The number of aryl methyl sites for hydroxylation is 1. The fourth-order valence-electron chi connectivity index (χ4n) is 2.01. The standard InChI is InChI=1S/C11H17N5O3S/c1-15-7-13-9(14-15)5-12-11(19)16-2-3-20-6-8(16)4-10(17)18/h7-8H,2-6H2,1H3,(H,12,19)(H,17,18). The van der Waals surface area contributed by atoms with Crippen molar-refractivity contribution < 1.29 is 14.7 Å². The largest absolute Gasteiger partial charge is 0.481 e. The molecule has 1 aromatic rings. The van der Waals surface area contributed by atoms with Crippen LogP contribution in [-0.4, -0.2) is 60.9 Å². The van der Waals surface area contributed by atoms with Crippen molar-refractivity contribution in [3.63, 3.8) is 0 Å². The number of carboxylic acids is 1. The Morgan fingerprint density at radius 1 is 1.60 bits per heavy atom. The lowest BCUT2D eigenvalue weighted by Gasteiger charge is -2.34. The monoisotopic (exact) mass is 299 g/mol. The maximum absolute atomic E-state index is 12.1. The first kappa shape index (κ1) is 14.6. The van der Waals surface area contributed by atoms with Crippen molar-refractivity contribution in [1.82, 2.24) is 25.0 Å². The molecule has 1 aliphatic rings. The summed E-state index contributed by atoms with van der Waals surface area (Å²) in [5.41, 5.74) is 0. The topological polar surface area (TPSA) is 100 Å². The molecule has 0 aromatic carbocycles. The van der Waals surface area contributed by atoms with Gasteiger partial charge in [0.1, 0.15) is 6.33 Å². The van der Waals surface area contributed by atoms with Gasteiger partial charge in [0.25, 0.3) is 0 Å². The van der Waals surface area contributed by atoms with E-state index in [1.165, 1.54) is 0 Å². The SMILES string of the molecule is Cn1cnc(CNC(=O)N2CCSCC2CC(=O)O)n1. The number of carbonyl (C=O) groups is 2. The minimum atomic E-state index is -0.887. The Morgan fingerprint density at radius 3 is 3.05 bits per heavy atom. The number of urea groups is 1. The first-order valence-corrected chi connectivity index (χ1v) is 7.40. The fourth-order valence-corrected chi connectivity index (χ4v) is 3.08. The third-order valence-corrected chi connectivity index (χ3v) is 4.04. The van der Waals surface area contributed by atoms with E-state index in [-0.39, 0.29) is 25.0 Å². The minimum Gasteiger partial charge on any atom is -0.481 e. The van der Waals surface area contributed by atoms with Crippen molar-refractivity contribution in [2.45, 2.75) is 19.0 Å². The smallest absolute Gasteiger partial charge is 0.318 e. The van der Waals surface area contributed by atoms with Gasteiger partial charge in [-0.15, -0.1) is 0 Å². The Hall–Kier alpha value is -1.77. The van der Waals surface area contributed by atoms with Crippen LogP contribution in [0.4, 0.5) is 4.79 Å². The number of carbonyl (C=O) groups excluding carboxylic acids is 1. The van der Waals surface area contributed by atoms with Gasteiger partial charge in [-0.05, 0) is 0 Å². The summed E-state index contributed by atoms with van der Waals surface area (Å²) in [6.07, 6.45) is 1.54. The van der Waals surface area contributed by atoms with E-state index in [0.29, 0.717) is 18.1 Å². The number of nitrogens with one attached hydrogen (secondary N) is 1. The molecule has 1 aromatic heterocycles. The molecule has 8 nitrogen and oxygen atoms in total. The van der Waals surface area contributed by atoms with E-state index in [1.54, 1.807) is 34.7 Å². The summed E-state index contributed by atoms with van der Waals surface area (Å²) in [6, 6.07) is -0.521. The van der Waals surface area contributed by atoms with Gasteiger partial charge in [0, 0.05) is 25.1 Å². The van der Waals surface area contributed by atoms with Crippen LogP contribution in [-0.2, 0) is 18.4 Å². The summed E-state index contributed by atoms with van der Waals surface area (Å²) in [5, 5.41) is 15.7. The van der Waals surface area contributed by atoms with E-state index >= 15 is 0 Å². The molecule has 110 valence electrons. The third-order valence-electron chi connectivity index (χ3n) is 2.94. The average molecular weight is 299 g/mol. The van der Waals surface area contributed by atoms with Crippen molar-refractivity contribution in [1.29, 1.82) is 0 Å². The molecule has 1 saturated heterocycles. The van der Waals surface area contributed by atoms with Crippen LogP contribution >= 0.6 is 11.8 Å². The Bertz CT molecular complexity index is 492. The predicted molar refractivity (Wildman–Crippen MR) is 73.3 cm³/mol. The molecule has 2 heterocycles. The first-order valence-electron chi connectivity index (χ1n) is 6.25. The highest BCUT2D eigenvalue weighted by Gasteiger charge is 2.28. The van der Waals surface area contributed by atoms with Gasteiger partial charge in [-0.1, -0.05) is 0 Å². The molecule has 0 bridgehead atoms. The summed E-state index contributed by atoms with van der Waals surface area (Å²) in [4.78, 5) is 28.6. The summed E-state index contributed by atoms with van der Waals surface area (Å²) in [5.74, 6) is 1.12. The molecule has 1 unspecified atom stereocenters. The zero-order chi connectivity index (χ0) is 14.5. The number of thioether (sulfide) groups is 1. The van der Waals surface area contributed by atoms with Gasteiger partial charge in [0.05, 0.1) is 19.0 Å². The second-order valence-electron chi connectivity index (χ2n) is 4.51. The van der Waals surface area contributed by atoms with Gasteiger partial charge in [-0.3, -0.25) is 9.48 Å². The second kappa shape index (κ2) is 6.60. The maximum atomic E-state index is 12.1. The second-order valence-corrected chi connectivity index (χ2v) is 5.66. The van der Waals surface area contributed by atoms with Crippen LogP contribution in [0.3, 0.4) is 0 Å². The number of rotatable bonds is 4. The molecular weight excluding hydrogens is 282 g/mol. The highest BCUT2D eigenvalue weighted by atomic mass is 32.2. The van der Waals surface area contributed by atoms with Crippen LogP contribution in [0.15, 0.2) is 6.33 Å². The van der Waals surface area contributed by atoms with Crippen molar-refractivity contribution in [3.05, 3.63) is 12.2 Å². The van der Waals surface area contributed by atoms with Crippen molar-refractivity contribution in [2.75, 3.05) is 18.1 Å². The zero-order valence-electron chi connectivity index (χ0n) is 11.2. The quantitative estimate of drug-likeness (QED) is 0.806. The number of hydrogen-bond donors (Lipinski definition) is 2. The van der Waals surface area contributed by atoms with E-state index in [9.17, 15) is 9.59 Å². The number of aliphatic carboxylic acids is 1. The van der Waals surface area contributed by atoms with E-state index in [4.69, 9.17) is 5.11 Å². The Labute approximate surface area is 120 Å². The molecule has 0 saturated carbocycles. The van der Waals surface area contributed by atoms with E-state index < -0.39 is 5.97 Å². The van der Waals surface area contributed by atoms with Crippen LogP contribution in [0.1, 0.15) is 12.2 Å². The lowest BCUT2D eigenvalue weighted by atomic mass is 10.2. The van der Waals surface area contributed by atoms with Gasteiger partial charge in [0.15, 0.2) is 5.82 Å². The van der Waals surface area contributed by atoms with Crippen LogP contribution < -0.4 is 5.32 Å². The fraction of sp³-hybridized carbons (Fsp3) is 0.636. The summed E-state index contributed by atoms with van der Waals surface area (Å²) in [7, 11) is 1.75. The number of carboxylic acid groups (broad SMARTS) is 1. The maximum Gasteiger partial charge on any atom is 0.318 e. The van der Waals surface area contributed by atoms with Crippen molar-refractivity contribution in [2.24, 2.45) is 7.05 Å². The lowest BCUT2D eigenvalue weighted by molar-refractivity contribution is -0.138. The molecule has 2 rings (SSSR count). The molecule has 20 heavy (non-hydrogen) atoms. The molecular formula is C11H17N5O3S. The average Bonchev–Trinajstić information content (AvgIpc) is 2.82. The Balaban J connectivity index is 1.90. The third kappa shape index (κ3) is 3.86. The van der Waals surface area contributed by atoms with E-state index in [1.807, 2.05) is 0 Å². The normalized spacial score (nSPS) is 18.9. The predicted octanol–water partition coefficient (Wildman–Crippen LogP) is -0.0832. The minimum absolute atomic E-state index is 0.0255. The molecule has 2 N–H and O–H groups in total. The number of aromatic nitrogens is 3. The molecule has 1 fully saturated rings. The Kier molecular flexibility index (Phi) is 4.83. The Morgan fingerprint density at radius 2 is 2.40 bits per heavy atom. The number of hydrogen-bond acceptors (Lipinski definition) is 5. The molecule has 0 radical (unpaired) electrons. The van der Waals surface area contributed by atoms with E-state index in [2.05, 4.69) is 15.4 Å². The molecule has 0 aliphatic carbocycles.